The largest absolute Gasteiger partial charge is 0.399 e. The van der Waals surface area contributed by atoms with Crippen LogP contribution in [0.4, 0.5) is 15.8 Å². The Balaban J connectivity index is 2.52. The first-order valence-corrected chi connectivity index (χ1v) is 7.87. The van der Waals surface area contributed by atoms with Crippen molar-refractivity contribution in [2.75, 3.05) is 36.7 Å². The number of thioether (sulfide) groups is 1. The van der Waals surface area contributed by atoms with Crippen LogP contribution in [0.25, 0.3) is 0 Å². The predicted octanol–water partition coefficient (Wildman–Crippen LogP) is 2.42. The number of nitrogens with one attached hydrogen (secondary N) is 1. The van der Waals surface area contributed by atoms with Gasteiger partial charge in [-0.05, 0) is 50.6 Å². The van der Waals surface area contributed by atoms with Crippen molar-refractivity contribution in [1.82, 2.24) is 4.90 Å². The molecule has 1 rings (SSSR count). The summed E-state index contributed by atoms with van der Waals surface area (Å²) in [5.74, 6) is 0.329. The maximum Gasteiger partial charge on any atom is 0.238 e. The number of amides is 1. The lowest BCUT2D eigenvalue weighted by Crippen LogP contribution is -2.36. The highest BCUT2D eigenvalue weighted by Crippen LogP contribution is 2.17. The van der Waals surface area contributed by atoms with Crippen molar-refractivity contribution in [2.24, 2.45) is 0 Å². The lowest BCUT2D eigenvalue weighted by atomic mass is 10.2. The number of hydrogen-bond donors (Lipinski definition) is 2. The zero-order chi connectivity index (χ0) is 15.1. The first-order valence-electron chi connectivity index (χ1n) is 6.48. The van der Waals surface area contributed by atoms with Crippen LogP contribution in [0.5, 0.6) is 0 Å². The molecule has 0 heterocycles. The summed E-state index contributed by atoms with van der Waals surface area (Å²) in [5.41, 5.74) is 6.12. The lowest BCUT2D eigenvalue weighted by molar-refractivity contribution is -0.117. The molecule has 1 atom stereocenters. The van der Waals surface area contributed by atoms with E-state index in [0.29, 0.717) is 11.7 Å². The minimum atomic E-state index is -0.481. The Hall–Kier alpha value is -1.27. The summed E-state index contributed by atoms with van der Waals surface area (Å²) >= 11 is 1.78. The molecule has 0 saturated carbocycles. The van der Waals surface area contributed by atoms with E-state index in [-0.39, 0.29) is 18.1 Å². The van der Waals surface area contributed by atoms with Crippen LogP contribution in [0.3, 0.4) is 0 Å². The van der Waals surface area contributed by atoms with Crippen molar-refractivity contribution >= 4 is 29.0 Å². The summed E-state index contributed by atoms with van der Waals surface area (Å²) in [7, 11) is 1.89. The zero-order valence-corrected chi connectivity index (χ0v) is 13.0. The number of benzene rings is 1. The van der Waals surface area contributed by atoms with Gasteiger partial charge in [-0.3, -0.25) is 9.69 Å². The molecule has 0 spiro atoms. The predicted molar refractivity (Wildman–Crippen MR) is 84.5 cm³/mol. The van der Waals surface area contributed by atoms with E-state index in [2.05, 4.69) is 18.5 Å². The molecule has 0 bridgehead atoms. The highest BCUT2D eigenvalue weighted by molar-refractivity contribution is 7.98. The lowest BCUT2D eigenvalue weighted by Gasteiger charge is -2.23. The second-order valence-electron chi connectivity index (χ2n) is 4.83. The molecular weight excluding hydrogens is 277 g/mol. The third-order valence-electron chi connectivity index (χ3n) is 3.15. The van der Waals surface area contributed by atoms with Crippen molar-refractivity contribution in [3.8, 4) is 0 Å². The number of nitrogens with two attached hydrogens (primary N) is 1. The molecule has 0 aromatic heterocycles. The molecule has 1 unspecified atom stereocenters. The second kappa shape index (κ2) is 8.11. The SMILES string of the molecule is CSCCC(C)N(C)CC(=O)Nc1cc(N)ccc1F. The molecule has 0 aliphatic heterocycles. The Kier molecular flexibility index (Phi) is 6.81. The van der Waals surface area contributed by atoms with Crippen molar-refractivity contribution in [2.45, 2.75) is 19.4 Å². The molecule has 112 valence electrons. The fourth-order valence-corrected chi connectivity index (χ4v) is 2.30. The monoisotopic (exact) mass is 299 g/mol. The van der Waals surface area contributed by atoms with Gasteiger partial charge < -0.3 is 11.1 Å². The highest BCUT2D eigenvalue weighted by Gasteiger charge is 2.14. The minimum Gasteiger partial charge on any atom is -0.399 e. The number of hydrogen-bond acceptors (Lipinski definition) is 4. The molecule has 0 saturated heterocycles. The summed E-state index contributed by atoms with van der Waals surface area (Å²) in [6.07, 6.45) is 3.07. The normalized spacial score (nSPS) is 12.4. The molecule has 1 amide bonds. The van der Waals surface area contributed by atoms with E-state index in [1.54, 1.807) is 11.8 Å². The van der Waals surface area contributed by atoms with Crippen LogP contribution >= 0.6 is 11.8 Å². The fraction of sp³-hybridized carbons (Fsp3) is 0.500. The number of rotatable bonds is 7. The number of halogens is 1. The Bertz CT molecular complexity index is 456. The quantitative estimate of drug-likeness (QED) is 0.759. The maximum absolute atomic E-state index is 13.5. The highest BCUT2D eigenvalue weighted by atomic mass is 32.2. The smallest absolute Gasteiger partial charge is 0.238 e. The average Bonchev–Trinajstić information content (AvgIpc) is 2.40. The van der Waals surface area contributed by atoms with Crippen molar-refractivity contribution in [3.05, 3.63) is 24.0 Å². The van der Waals surface area contributed by atoms with Crippen molar-refractivity contribution in [3.63, 3.8) is 0 Å². The molecule has 20 heavy (non-hydrogen) atoms. The Morgan fingerprint density at radius 2 is 2.25 bits per heavy atom. The third kappa shape index (κ3) is 5.38. The first kappa shape index (κ1) is 16.8. The number of anilines is 2. The van der Waals surface area contributed by atoms with Crippen LogP contribution in [0, 0.1) is 5.82 Å². The summed E-state index contributed by atoms with van der Waals surface area (Å²) in [4.78, 5) is 13.9. The van der Waals surface area contributed by atoms with E-state index in [1.807, 2.05) is 11.9 Å². The molecule has 0 aliphatic carbocycles. The summed E-state index contributed by atoms with van der Waals surface area (Å²) in [5, 5.41) is 2.55. The van der Waals surface area contributed by atoms with Gasteiger partial charge in [0.05, 0.1) is 12.2 Å². The van der Waals surface area contributed by atoms with Crippen LogP contribution in [-0.2, 0) is 4.79 Å². The molecule has 0 fully saturated rings. The fourth-order valence-electron chi connectivity index (χ4n) is 1.72. The van der Waals surface area contributed by atoms with E-state index in [9.17, 15) is 9.18 Å². The molecule has 0 aliphatic rings. The molecule has 6 heteroatoms. The standard InChI is InChI=1S/C14H22FN3OS/c1-10(6-7-20-3)18(2)9-14(19)17-13-8-11(16)4-5-12(13)15/h4-5,8,10H,6-7,9,16H2,1-3H3,(H,17,19). The number of carbonyl (C=O) groups excluding carboxylic acids is 1. The molecule has 1 aromatic carbocycles. The average molecular weight is 299 g/mol. The van der Waals surface area contributed by atoms with Gasteiger partial charge in [-0.2, -0.15) is 11.8 Å². The van der Waals surface area contributed by atoms with Gasteiger partial charge in [-0.15, -0.1) is 0 Å². The second-order valence-corrected chi connectivity index (χ2v) is 5.82. The van der Waals surface area contributed by atoms with E-state index < -0.39 is 5.82 Å². The Morgan fingerprint density at radius 1 is 1.55 bits per heavy atom. The van der Waals surface area contributed by atoms with Crippen LogP contribution in [0.2, 0.25) is 0 Å². The van der Waals surface area contributed by atoms with Gasteiger partial charge in [0.25, 0.3) is 0 Å². The molecule has 3 N–H and O–H groups in total. The van der Waals surface area contributed by atoms with Gasteiger partial charge in [0.2, 0.25) is 5.91 Å². The van der Waals surface area contributed by atoms with Crippen LogP contribution in [-0.4, -0.2) is 42.4 Å². The van der Waals surface area contributed by atoms with Crippen molar-refractivity contribution in [1.29, 1.82) is 0 Å². The van der Waals surface area contributed by atoms with Gasteiger partial charge in [0.15, 0.2) is 0 Å². The number of nitrogens with zero attached hydrogens (tertiary/aromatic N) is 1. The Morgan fingerprint density at radius 3 is 2.90 bits per heavy atom. The minimum absolute atomic E-state index is 0.125. The van der Waals surface area contributed by atoms with Crippen LogP contribution < -0.4 is 11.1 Å². The number of likely N-dealkylation sites (N-methyl/N-ethyl adjacent to an activating group) is 1. The molecule has 0 radical (unpaired) electrons. The van der Waals surface area contributed by atoms with E-state index in [0.717, 1.165) is 12.2 Å². The maximum atomic E-state index is 13.5. The van der Waals surface area contributed by atoms with Gasteiger partial charge in [-0.1, -0.05) is 0 Å². The molecule has 1 aromatic rings. The molecule has 4 nitrogen and oxygen atoms in total. The third-order valence-corrected chi connectivity index (χ3v) is 3.79. The van der Waals surface area contributed by atoms with Gasteiger partial charge >= 0.3 is 0 Å². The number of carbonyl (C=O) groups is 1. The first-order chi connectivity index (χ1) is 9.43. The van der Waals surface area contributed by atoms with E-state index in [1.165, 1.54) is 18.2 Å². The topological polar surface area (TPSA) is 58.4 Å². The summed E-state index contributed by atoms with van der Waals surface area (Å²) in [6, 6.07) is 4.43. The van der Waals surface area contributed by atoms with Crippen molar-refractivity contribution < 1.29 is 9.18 Å². The zero-order valence-electron chi connectivity index (χ0n) is 12.1. The van der Waals surface area contributed by atoms with Gasteiger partial charge in [0.1, 0.15) is 5.82 Å². The molecular formula is C14H22FN3OS. The van der Waals surface area contributed by atoms with Crippen LogP contribution in [0.1, 0.15) is 13.3 Å². The Labute approximate surface area is 123 Å². The van der Waals surface area contributed by atoms with E-state index in [4.69, 9.17) is 5.73 Å². The van der Waals surface area contributed by atoms with E-state index >= 15 is 0 Å². The number of nitrogen functional groups attached to an aromatic ring is 1. The summed E-state index contributed by atoms with van der Waals surface area (Å²) in [6.45, 7) is 2.30. The van der Waals surface area contributed by atoms with Gasteiger partial charge in [-0.25, -0.2) is 4.39 Å². The van der Waals surface area contributed by atoms with Crippen LogP contribution in [0.15, 0.2) is 18.2 Å². The van der Waals surface area contributed by atoms with Gasteiger partial charge in [0, 0.05) is 11.7 Å². The summed E-state index contributed by atoms with van der Waals surface area (Å²) < 4.78 is 13.5.